The van der Waals surface area contributed by atoms with Gasteiger partial charge < -0.3 is 25.4 Å². The van der Waals surface area contributed by atoms with Crippen LogP contribution in [0.2, 0.25) is 0 Å². The zero-order chi connectivity index (χ0) is 30.2. The van der Waals surface area contributed by atoms with E-state index in [-0.39, 0.29) is 18.6 Å². The van der Waals surface area contributed by atoms with E-state index in [1.165, 1.54) is 6.08 Å². The maximum atomic E-state index is 12.5. The lowest BCUT2D eigenvalue weighted by Crippen LogP contribution is -2.33. The number of nitrogens with zero attached hydrogens (tertiary/aromatic N) is 5. The molecule has 0 aliphatic carbocycles. The molecule has 0 fully saturated rings. The van der Waals surface area contributed by atoms with Crippen LogP contribution in [0.25, 0.3) is 33.3 Å². The molecule has 4 aromatic heterocycles. The van der Waals surface area contributed by atoms with Crippen molar-refractivity contribution in [1.29, 1.82) is 0 Å². The molecular weight excluding hydrogens is 534 g/mol. The summed E-state index contributed by atoms with van der Waals surface area (Å²) in [6.07, 6.45) is 12.4. The molecule has 0 aliphatic rings. The minimum absolute atomic E-state index is 0.0416. The SMILES string of the molecule is COc1cc(-c2cn(COC(=O)[C@@H](N)CC(C)C)c3ncc(-c4cncc(NC(=O)/C=C/CN(C)C)c4)cc23)ccn1. The minimum Gasteiger partial charge on any atom is -0.481 e. The summed E-state index contributed by atoms with van der Waals surface area (Å²) in [5.41, 5.74) is 10.5. The Bertz CT molecular complexity index is 1580. The van der Waals surface area contributed by atoms with Crippen LogP contribution in [0.15, 0.2) is 67.4 Å². The standard InChI is InChI=1S/C31H37N7O4/c1-20(2)11-27(32)31(40)42-19-38-18-26(21-8-9-34-29(14-21)41-5)25-13-23(16-35-30(25)38)22-12-24(17-33-15-22)36-28(39)7-6-10-37(3)4/h6-9,12-18,20,27H,10-11,19,32H2,1-5H3,(H,36,39)/b7-6+/t27-/m0/s1. The van der Waals surface area contributed by atoms with Crippen LogP contribution in [-0.2, 0) is 21.1 Å². The summed E-state index contributed by atoms with van der Waals surface area (Å²) in [5.74, 6) is 0.0406. The van der Waals surface area contributed by atoms with Gasteiger partial charge in [-0.2, -0.15) is 0 Å². The zero-order valence-corrected chi connectivity index (χ0v) is 24.6. The van der Waals surface area contributed by atoms with Gasteiger partial charge in [0.25, 0.3) is 0 Å². The average Bonchev–Trinajstić information content (AvgIpc) is 3.33. The van der Waals surface area contributed by atoms with Crippen molar-refractivity contribution in [3.05, 3.63) is 67.4 Å². The van der Waals surface area contributed by atoms with E-state index >= 15 is 0 Å². The van der Waals surface area contributed by atoms with Crippen LogP contribution in [0.1, 0.15) is 20.3 Å². The number of rotatable bonds is 12. The summed E-state index contributed by atoms with van der Waals surface area (Å²) in [4.78, 5) is 40.1. The second kappa shape index (κ2) is 13.8. The fraction of sp³-hybridized carbons (Fsp3) is 0.323. The molecule has 0 unspecified atom stereocenters. The van der Waals surface area contributed by atoms with E-state index in [1.54, 1.807) is 42.5 Å². The number of hydrogen-bond acceptors (Lipinski definition) is 9. The maximum Gasteiger partial charge on any atom is 0.324 e. The third-order valence-electron chi connectivity index (χ3n) is 6.42. The zero-order valence-electron chi connectivity index (χ0n) is 24.6. The Kier molecular flexibility index (Phi) is 10.00. The normalized spacial score (nSPS) is 12.3. The van der Waals surface area contributed by atoms with Crippen molar-refractivity contribution < 1.29 is 19.1 Å². The van der Waals surface area contributed by atoms with E-state index in [0.717, 1.165) is 27.6 Å². The lowest BCUT2D eigenvalue weighted by atomic mass is 10.0. The van der Waals surface area contributed by atoms with Crippen LogP contribution in [0.4, 0.5) is 5.69 Å². The van der Waals surface area contributed by atoms with Crippen molar-refractivity contribution >= 4 is 28.6 Å². The van der Waals surface area contributed by atoms with Crippen LogP contribution in [0, 0.1) is 5.92 Å². The van der Waals surface area contributed by atoms with Crippen molar-refractivity contribution in [2.45, 2.75) is 33.0 Å². The van der Waals surface area contributed by atoms with Crippen LogP contribution in [-0.4, -0.2) is 70.1 Å². The number of amides is 1. The number of carbonyl (C=O) groups is 2. The largest absolute Gasteiger partial charge is 0.481 e. The van der Waals surface area contributed by atoms with E-state index in [1.807, 2.05) is 63.3 Å². The van der Waals surface area contributed by atoms with Crippen LogP contribution < -0.4 is 15.8 Å². The quantitative estimate of drug-likeness (QED) is 0.190. The Balaban J connectivity index is 1.67. The molecule has 0 aliphatic heterocycles. The number of nitrogens with two attached hydrogens (primary N) is 1. The highest BCUT2D eigenvalue weighted by atomic mass is 16.5. The number of carbonyl (C=O) groups excluding carboxylic acids is 2. The first-order valence-electron chi connectivity index (χ1n) is 13.6. The third-order valence-corrected chi connectivity index (χ3v) is 6.42. The van der Waals surface area contributed by atoms with Crippen LogP contribution in [0.3, 0.4) is 0 Å². The monoisotopic (exact) mass is 571 g/mol. The average molecular weight is 572 g/mol. The molecular formula is C31H37N7O4. The molecule has 1 atom stereocenters. The molecule has 4 heterocycles. The van der Waals surface area contributed by atoms with Crippen molar-refractivity contribution in [2.75, 3.05) is 33.1 Å². The van der Waals surface area contributed by atoms with Gasteiger partial charge in [0.2, 0.25) is 11.8 Å². The number of methoxy groups -OCH3 is 1. The van der Waals surface area contributed by atoms with E-state index < -0.39 is 12.0 Å². The van der Waals surface area contributed by atoms with Gasteiger partial charge in [-0.25, -0.2) is 9.97 Å². The van der Waals surface area contributed by atoms with Gasteiger partial charge in [0.1, 0.15) is 11.7 Å². The van der Waals surface area contributed by atoms with Crippen molar-refractivity contribution in [1.82, 2.24) is 24.4 Å². The van der Waals surface area contributed by atoms with Gasteiger partial charge in [-0.3, -0.25) is 19.1 Å². The Morgan fingerprint density at radius 1 is 1.10 bits per heavy atom. The predicted octanol–water partition coefficient (Wildman–Crippen LogP) is 4.10. The Labute approximate surface area is 245 Å². The van der Waals surface area contributed by atoms with Gasteiger partial charge in [-0.1, -0.05) is 19.9 Å². The van der Waals surface area contributed by atoms with Crippen molar-refractivity contribution in [3.8, 4) is 28.1 Å². The van der Waals surface area contributed by atoms with Gasteiger partial charge in [0, 0.05) is 65.6 Å². The highest BCUT2D eigenvalue weighted by Crippen LogP contribution is 2.34. The summed E-state index contributed by atoms with van der Waals surface area (Å²) < 4.78 is 12.7. The van der Waals surface area contributed by atoms with E-state index in [4.69, 9.17) is 20.2 Å². The molecule has 220 valence electrons. The van der Waals surface area contributed by atoms with E-state index in [9.17, 15) is 9.59 Å². The number of fused-ring (bicyclic) bond motifs is 1. The molecule has 0 aromatic carbocycles. The first kappa shape index (κ1) is 30.4. The Morgan fingerprint density at radius 3 is 2.62 bits per heavy atom. The smallest absolute Gasteiger partial charge is 0.324 e. The van der Waals surface area contributed by atoms with Gasteiger partial charge in [-0.15, -0.1) is 0 Å². The molecule has 3 N–H and O–H groups in total. The fourth-order valence-electron chi connectivity index (χ4n) is 4.41. The molecule has 0 spiro atoms. The van der Waals surface area contributed by atoms with Gasteiger partial charge >= 0.3 is 5.97 Å². The van der Waals surface area contributed by atoms with Gasteiger partial charge in [0.05, 0.1) is 19.0 Å². The number of pyridine rings is 3. The van der Waals surface area contributed by atoms with Crippen molar-refractivity contribution in [3.63, 3.8) is 0 Å². The molecule has 0 saturated carbocycles. The van der Waals surface area contributed by atoms with E-state index in [2.05, 4.69) is 15.3 Å². The minimum atomic E-state index is -0.695. The van der Waals surface area contributed by atoms with Crippen LogP contribution >= 0.6 is 0 Å². The summed E-state index contributed by atoms with van der Waals surface area (Å²) >= 11 is 0. The molecule has 1 amide bonds. The number of esters is 1. The molecule has 0 saturated heterocycles. The highest BCUT2D eigenvalue weighted by molar-refractivity contribution is 6.00. The van der Waals surface area contributed by atoms with Gasteiger partial charge in [-0.05, 0) is 50.2 Å². The topological polar surface area (TPSA) is 137 Å². The molecule has 11 heteroatoms. The summed E-state index contributed by atoms with van der Waals surface area (Å²) in [6.45, 7) is 4.63. The Morgan fingerprint density at radius 2 is 1.88 bits per heavy atom. The first-order valence-corrected chi connectivity index (χ1v) is 13.6. The lowest BCUT2D eigenvalue weighted by Gasteiger charge is -2.14. The number of ether oxygens (including phenoxy) is 2. The number of hydrogen-bond donors (Lipinski definition) is 2. The van der Waals surface area contributed by atoms with Crippen molar-refractivity contribution in [2.24, 2.45) is 11.7 Å². The number of aromatic nitrogens is 4. The molecule has 4 rings (SSSR count). The first-order chi connectivity index (χ1) is 20.1. The molecule has 0 radical (unpaired) electrons. The molecule has 42 heavy (non-hydrogen) atoms. The Hall–Kier alpha value is -4.61. The summed E-state index contributed by atoms with van der Waals surface area (Å²) in [5, 5.41) is 3.68. The number of anilines is 1. The number of likely N-dealkylation sites (N-methyl/N-ethyl adjacent to an activating group) is 1. The molecule has 11 nitrogen and oxygen atoms in total. The van der Waals surface area contributed by atoms with Crippen LogP contribution in [0.5, 0.6) is 5.88 Å². The fourth-order valence-corrected chi connectivity index (χ4v) is 4.41. The third kappa shape index (κ3) is 7.77. The molecule has 4 aromatic rings. The van der Waals surface area contributed by atoms with Gasteiger partial charge in [0.15, 0.2) is 6.73 Å². The lowest BCUT2D eigenvalue weighted by molar-refractivity contribution is -0.149. The highest BCUT2D eigenvalue weighted by Gasteiger charge is 2.19. The maximum absolute atomic E-state index is 12.5. The number of nitrogens with one attached hydrogen (secondary N) is 1. The summed E-state index contributed by atoms with van der Waals surface area (Å²) in [7, 11) is 5.42. The predicted molar refractivity (Wildman–Crippen MR) is 163 cm³/mol. The molecule has 0 bridgehead atoms. The summed E-state index contributed by atoms with van der Waals surface area (Å²) in [6, 6.07) is 6.85. The van der Waals surface area contributed by atoms with E-state index in [0.29, 0.717) is 30.2 Å². The second-order valence-electron chi connectivity index (χ2n) is 10.6. The second-order valence-corrected chi connectivity index (χ2v) is 10.6.